The minimum Gasteiger partial charge on any atom is -0.466 e. The summed E-state index contributed by atoms with van der Waals surface area (Å²) in [6.07, 6.45) is 7.99. The van der Waals surface area contributed by atoms with Crippen LogP contribution < -0.4 is 10.6 Å². The molecule has 5 rings (SSSR count). The van der Waals surface area contributed by atoms with Crippen molar-refractivity contribution in [2.75, 3.05) is 39.6 Å². The fourth-order valence-corrected chi connectivity index (χ4v) is 8.68. The molecule has 0 bridgehead atoms. The Morgan fingerprint density at radius 1 is 0.854 bits per heavy atom. The van der Waals surface area contributed by atoms with Crippen LogP contribution in [-0.4, -0.2) is 72.6 Å². The second-order valence-electron chi connectivity index (χ2n) is 12.5. The summed E-state index contributed by atoms with van der Waals surface area (Å²) in [5.74, 6) is -2.27. The van der Waals surface area contributed by atoms with E-state index in [0.717, 1.165) is 25.3 Å². The van der Waals surface area contributed by atoms with Crippen molar-refractivity contribution in [2.45, 2.75) is 68.2 Å². The molecule has 2 atom stereocenters. The lowest BCUT2D eigenvalue weighted by molar-refractivity contribution is -0.137. The molecule has 2 heterocycles. The van der Waals surface area contributed by atoms with Crippen molar-refractivity contribution >= 4 is 51.8 Å². The number of likely N-dealkylation sites (tertiary alicyclic amines) is 1. The zero-order chi connectivity index (χ0) is 34.2. The fraction of sp³-hybridized carbons (Fsp3) is 0.472. The topological polar surface area (TPSA) is 114 Å². The summed E-state index contributed by atoms with van der Waals surface area (Å²) in [4.78, 5) is 43.4. The summed E-state index contributed by atoms with van der Waals surface area (Å²) >= 11 is 13.4. The molecule has 1 saturated heterocycles. The predicted octanol–water partition coefficient (Wildman–Crippen LogP) is 5.89. The summed E-state index contributed by atoms with van der Waals surface area (Å²) in [6.45, 7) is 2.18. The van der Waals surface area contributed by atoms with Gasteiger partial charge in [-0.1, -0.05) is 66.7 Å². The maximum atomic E-state index is 13.9. The number of esters is 2. The van der Waals surface area contributed by atoms with Gasteiger partial charge in [-0.2, -0.15) is 0 Å². The lowest BCUT2D eigenvalue weighted by Crippen LogP contribution is -2.46. The van der Waals surface area contributed by atoms with Gasteiger partial charge in [0.15, 0.2) is 0 Å². The average Bonchev–Trinajstić information content (AvgIpc) is 3.11. The van der Waals surface area contributed by atoms with E-state index >= 15 is 0 Å². The van der Waals surface area contributed by atoms with Crippen LogP contribution in [-0.2, 0) is 34.7 Å². The van der Waals surface area contributed by atoms with E-state index in [2.05, 4.69) is 10.6 Å². The number of carbonyl (C=O) groups excluding carboxylic acids is 3. The summed E-state index contributed by atoms with van der Waals surface area (Å²) in [5.41, 5.74) is 0.780. The Morgan fingerprint density at radius 2 is 1.46 bits per heavy atom. The Hall–Kier alpha value is -3.18. The number of piperidine rings is 1. The number of rotatable bonds is 11. The van der Waals surface area contributed by atoms with Gasteiger partial charge in [0.2, 0.25) is 5.91 Å². The Morgan fingerprint density at radius 3 is 2.06 bits per heavy atom. The minimum absolute atomic E-state index is 0.0123. The number of hydrogen-bond acceptors (Lipinski definition) is 8. The first-order chi connectivity index (χ1) is 23.2. The van der Waals surface area contributed by atoms with Gasteiger partial charge in [-0.3, -0.25) is 9.00 Å². The standard InChI is InChI=1S/C36H43Cl2N3O6S/c1-46-35(43)32-28(20-30(42)41-18-16-24(17-19-41)39-21-23-10-5-3-6-11-23)40-29(22-48(45)25-12-7-4-8-13-25)33(36(44)47-2)34(32)31-26(37)14-9-15-27(31)38/h4,7-9,12-15,23-24,34,39-40H,3,5-6,10-11,16-22H2,1-2H3. The van der Waals surface area contributed by atoms with Crippen LogP contribution in [0.1, 0.15) is 62.8 Å². The zero-order valence-electron chi connectivity index (χ0n) is 27.4. The van der Waals surface area contributed by atoms with Crippen molar-refractivity contribution < 1.29 is 28.1 Å². The molecular weight excluding hydrogens is 673 g/mol. The Kier molecular flexibility index (Phi) is 12.8. The first-order valence-electron chi connectivity index (χ1n) is 16.5. The molecule has 258 valence electrons. The van der Waals surface area contributed by atoms with Gasteiger partial charge in [0.25, 0.3) is 0 Å². The molecule has 3 aliphatic rings. The Balaban J connectivity index is 1.46. The quantitative estimate of drug-likeness (QED) is 0.277. The molecule has 2 aliphatic heterocycles. The molecule has 0 radical (unpaired) electrons. The van der Waals surface area contributed by atoms with Crippen LogP contribution >= 0.6 is 23.2 Å². The molecule has 2 fully saturated rings. The van der Waals surface area contributed by atoms with Crippen LogP contribution in [0.4, 0.5) is 0 Å². The first-order valence-corrected chi connectivity index (χ1v) is 18.6. The highest BCUT2D eigenvalue weighted by Crippen LogP contribution is 2.45. The molecule has 12 heteroatoms. The summed E-state index contributed by atoms with van der Waals surface area (Å²) in [5, 5.41) is 7.31. The van der Waals surface area contributed by atoms with Gasteiger partial charge in [0.05, 0.1) is 54.3 Å². The molecule has 0 aromatic heterocycles. The van der Waals surface area contributed by atoms with E-state index in [1.807, 2.05) is 6.07 Å². The van der Waals surface area contributed by atoms with Crippen molar-refractivity contribution in [3.8, 4) is 0 Å². The van der Waals surface area contributed by atoms with E-state index in [4.69, 9.17) is 32.7 Å². The minimum atomic E-state index is -1.60. The molecule has 2 aromatic rings. The largest absolute Gasteiger partial charge is 0.466 e. The van der Waals surface area contributed by atoms with Gasteiger partial charge < -0.3 is 25.0 Å². The van der Waals surface area contributed by atoms with Crippen LogP contribution in [0.15, 0.2) is 76.0 Å². The van der Waals surface area contributed by atoms with Crippen LogP contribution in [0.5, 0.6) is 0 Å². The molecule has 2 N–H and O–H groups in total. The van der Waals surface area contributed by atoms with Gasteiger partial charge in [-0.25, -0.2) is 9.59 Å². The zero-order valence-corrected chi connectivity index (χ0v) is 29.7. The summed E-state index contributed by atoms with van der Waals surface area (Å²) < 4.78 is 24.1. The van der Waals surface area contributed by atoms with Crippen LogP contribution in [0, 0.1) is 5.92 Å². The highest BCUT2D eigenvalue weighted by atomic mass is 35.5. The van der Waals surface area contributed by atoms with Gasteiger partial charge in [-0.05, 0) is 62.4 Å². The number of nitrogens with zero attached hydrogens (tertiary/aromatic N) is 1. The molecule has 1 amide bonds. The molecule has 1 aliphatic carbocycles. The maximum Gasteiger partial charge on any atom is 0.336 e. The number of methoxy groups -OCH3 is 2. The number of ether oxygens (including phenoxy) is 2. The third-order valence-electron chi connectivity index (χ3n) is 9.51. The number of amides is 1. The third-order valence-corrected chi connectivity index (χ3v) is 11.5. The predicted molar refractivity (Wildman–Crippen MR) is 187 cm³/mol. The van der Waals surface area contributed by atoms with E-state index in [1.54, 1.807) is 47.4 Å². The molecule has 48 heavy (non-hydrogen) atoms. The van der Waals surface area contributed by atoms with Crippen molar-refractivity contribution in [1.82, 2.24) is 15.5 Å². The number of hydrogen-bond donors (Lipinski definition) is 2. The highest BCUT2D eigenvalue weighted by molar-refractivity contribution is 7.85. The number of benzene rings is 2. The summed E-state index contributed by atoms with van der Waals surface area (Å²) in [6, 6.07) is 14.0. The van der Waals surface area contributed by atoms with E-state index in [-0.39, 0.29) is 56.2 Å². The van der Waals surface area contributed by atoms with E-state index < -0.39 is 28.7 Å². The van der Waals surface area contributed by atoms with Crippen molar-refractivity contribution in [3.05, 3.63) is 86.7 Å². The number of halogens is 2. The molecule has 2 aromatic carbocycles. The van der Waals surface area contributed by atoms with Gasteiger partial charge in [-0.15, -0.1) is 0 Å². The molecule has 1 saturated carbocycles. The Bertz CT molecular complexity index is 1560. The summed E-state index contributed by atoms with van der Waals surface area (Å²) in [7, 11) is 0.850. The fourth-order valence-electron chi connectivity index (χ4n) is 6.95. The van der Waals surface area contributed by atoms with E-state index in [1.165, 1.54) is 46.3 Å². The average molecular weight is 717 g/mol. The first kappa shape index (κ1) is 36.1. The second-order valence-corrected chi connectivity index (χ2v) is 14.8. The normalized spacial score (nSPS) is 19.9. The molecule has 0 spiro atoms. The van der Waals surface area contributed by atoms with Gasteiger partial charge in [0.1, 0.15) is 0 Å². The van der Waals surface area contributed by atoms with E-state index in [9.17, 15) is 18.6 Å². The highest BCUT2D eigenvalue weighted by Gasteiger charge is 2.42. The van der Waals surface area contributed by atoms with Crippen molar-refractivity contribution in [2.24, 2.45) is 5.92 Å². The molecule has 9 nitrogen and oxygen atoms in total. The lowest BCUT2D eigenvalue weighted by Gasteiger charge is -2.36. The van der Waals surface area contributed by atoms with Crippen LogP contribution in [0.3, 0.4) is 0 Å². The number of carbonyl (C=O) groups is 3. The van der Waals surface area contributed by atoms with Crippen molar-refractivity contribution in [3.63, 3.8) is 0 Å². The third kappa shape index (κ3) is 8.51. The lowest BCUT2D eigenvalue weighted by atomic mass is 9.79. The Labute approximate surface area is 294 Å². The monoisotopic (exact) mass is 715 g/mol. The van der Waals surface area contributed by atoms with Crippen LogP contribution in [0.25, 0.3) is 0 Å². The smallest absolute Gasteiger partial charge is 0.336 e. The van der Waals surface area contributed by atoms with Crippen LogP contribution in [0.2, 0.25) is 10.0 Å². The number of dihydropyridines is 1. The number of nitrogens with one attached hydrogen (secondary N) is 2. The second kappa shape index (κ2) is 17.0. The SMILES string of the molecule is COC(=O)C1=C(CC(=O)N2CCC(NCC3CCCCC3)CC2)NC(CS(=O)c2ccccc2)=C(C(=O)OC)C1c1c(Cl)cccc1Cl. The molecule has 2 unspecified atom stereocenters. The molecular formula is C36H43Cl2N3O6S. The van der Waals surface area contributed by atoms with Gasteiger partial charge >= 0.3 is 11.9 Å². The van der Waals surface area contributed by atoms with Gasteiger partial charge in [0, 0.05) is 51.0 Å². The van der Waals surface area contributed by atoms with E-state index in [0.29, 0.717) is 24.0 Å². The van der Waals surface area contributed by atoms with Crippen molar-refractivity contribution in [1.29, 1.82) is 0 Å². The maximum absolute atomic E-state index is 13.9.